The molecule has 0 radical (unpaired) electrons. The predicted molar refractivity (Wildman–Crippen MR) is 539 cm³/mol. The van der Waals surface area contributed by atoms with Gasteiger partial charge in [0, 0.05) is 150 Å². The minimum Gasteiger partial charge on any atom is -0.493 e. The number of carbonyl (C=O) groups excluding carboxylic acids is 2. The fraction of sp³-hybridized carbons (Fsp3) is 0.356. The van der Waals surface area contributed by atoms with Crippen molar-refractivity contribution in [2.75, 3.05) is 121 Å². The van der Waals surface area contributed by atoms with Gasteiger partial charge in [-0.3, -0.25) is 14.7 Å². The first-order valence-electron chi connectivity index (χ1n) is 46.2. The van der Waals surface area contributed by atoms with Crippen LogP contribution in [0, 0.1) is 0 Å². The van der Waals surface area contributed by atoms with Gasteiger partial charge in [-0.1, -0.05) is 183 Å². The summed E-state index contributed by atoms with van der Waals surface area (Å²) in [6, 6.07) is 60.3. The van der Waals surface area contributed by atoms with Crippen molar-refractivity contribution in [2.45, 2.75) is 174 Å². The molecule has 1 amide bonds. The number of carbonyl (C=O) groups is 2. The van der Waals surface area contributed by atoms with E-state index in [-0.39, 0.29) is 25.1 Å². The van der Waals surface area contributed by atoms with Crippen molar-refractivity contribution >= 4 is 175 Å². The Morgan fingerprint density at radius 3 is 1.55 bits per heavy atom. The van der Waals surface area contributed by atoms with Gasteiger partial charge in [0.15, 0.2) is 11.5 Å². The zero-order valence-electron chi connectivity index (χ0n) is 75.6. The normalized spacial score (nSPS) is 16.4. The van der Waals surface area contributed by atoms with E-state index in [1.165, 1.54) is 95.5 Å². The Morgan fingerprint density at radius 1 is 0.500 bits per heavy atom. The van der Waals surface area contributed by atoms with Gasteiger partial charge < -0.3 is 66.3 Å². The van der Waals surface area contributed by atoms with E-state index >= 15 is 0 Å². The third-order valence-electron chi connectivity index (χ3n) is 25.4. The first kappa shape index (κ1) is 93.7. The zero-order chi connectivity index (χ0) is 92.4. The minimum atomic E-state index is -3.68. The second-order valence-corrected chi connectivity index (χ2v) is 39.1. The van der Waals surface area contributed by atoms with E-state index in [1.807, 2.05) is 128 Å². The van der Waals surface area contributed by atoms with Gasteiger partial charge in [0.1, 0.15) is 28.3 Å². The molecule has 2 saturated heterocycles. The maximum atomic E-state index is 13.7. The van der Waals surface area contributed by atoms with E-state index in [1.54, 1.807) is 78.4 Å². The molecule has 6 fully saturated rings. The molecule has 4 aliphatic carbocycles. The van der Waals surface area contributed by atoms with Crippen LogP contribution in [0.1, 0.15) is 137 Å². The van der Waals surface area contributed by atoms with Gasteiger partial charge in [0.05, 0.1) is 77.1 Å². The molecule has 8 N–H and O–H groups in total. The molecular formula is C101H112Cl2N20O8S3. The number of hydrogen-bond donors (Lipinski definition) is 8. The van der Waals surface area contributed by atoms with Gasteiger partial charge in [-0.25, -0.2) is 33.1 Å². The molecule has 696 valence electrons. The predicted octanol–water partition coefficient (Wildman–Crippen LogP) is 20.2. The molecule has 8 aromatic carbocycles. The van der Waals surface area contributed by atoms with Crippen LogP contribution in [0.2, 0.25) is 10.0 Å². The van der Waals surface area contributed by atoms with Crippen LogP contribution in [0.25, 0.3) is 54.4 Å². The molecule has 33 heteroatoms. The Labute approximate surface area is 799 Å². The largest absolute Gasteiger partial charge is 0.493 e. The van der Waals surface area contributed by atoms with Crippen LogP contribution in [0.4, 0.5) is 52.1 Å². The molecule has 6 aliphatic rings. The van der Waals surface area contributed by atoms with Crippen molar-refractivity contribution in [1.82, 2.24) is 54.1 Å². The summed E-state index contributed by atoms with van der Waals surface area (Å²) in [5.41, 5.74) is 6.89. The number of halogens is 2. The summed E-state index contributed by atoms with van der Waals surface area (Å²) in [7, 11) is 0.923. The van der Waals surface area contributed by atoms with E-state index in [2.05, 4.69) is 92.2 Å². The summed E-state index contributed by atoms with van der Waals surface area (Å²) >= 11 is 15.3. The fourth-order valence-electron chi connectivity index (χ4n) is 18.3. The molecule has 6 aromatic heterocycles. The number of hydrogen-bond acceptors (Lipinski definition) is 28. The van der Waals surface area contributed by atoms with Gasteiger partial charge in [-0.2, -0.15) is 24.2 Å². The topological polar surface area (TPSA) is 329 Å². The summed E-state index contributed by atoms with van der Waals surface area (Å²) in [4.78, 5) is 76.1. The summed E-state index contributed by atoms with van der Waals surface area (Å²) in [6.45, 7) is 7.64. The number of piperazine rings is 2. The minimum absolute atomic E-state index is 0.0134. The van der Waals surface area contributed by atoms with Crippen molar-refractivity contribution < 1.29 is 37.3 Å². The van der Waals surface area contributed by atoms with Crippen molar-refractivity contribution in [3.63, 3.8) is 0 Å². The third kappa shape index (κ3) is 22.8. The highest BCUT2D eigenvalue weighted by Gasteiger charge is 2.37. The Hall–Kier alpha value is -12.1. The number of benzene rings is 8. The van der Waals surface area contributed by atoms with Gasteiger partial charge >= 0.3 is 5.97 Å². The maximum Gasteiger partial charge on any atom is 0.340 e. The Bertz CT molecular complexity index is 6570. The second kappa shape index (κ2) is 44.4. The van der Waals surface area contributed by atoms with Gasteiger partial charge in [0.25, 0.3) is 0 Å². The van der Waals surface area contributed by atoms with E-state index in [0.29, 0.717) is 117 Å². The number of para-hydroxylation sites is 3. The average molecular weight is 1900 g/mol. The third-order valence-corrected chi connectivity index (χ3v) is 30.4. The maximum absolute atomic E-state index is 13.7. The summed E-state index contributed by atoms with van der Waals surface area (Å²) in [5.74, 6) is 6.69. The molecule has 2 aliphatic heterocycles. The number of methoxy groups -OCH3 is 3. The highest BCUT2D eigenvalue weighted by molar-refractivity contribution is 7.99. The number of ether oxygens (including phenoxy) is 3. The molecule has 20 rings (SSSR count). The van der Waals surface area contributed by atoms with Crippen LogP contribution in [-0.4, -0.2) is 183 Å². The lowest BCUT2D eigenvalue weighted by molar-refractivity contribution is -0.117. The summed E-state index contributed by atoms with van der Waals surface area (Å²) in [6.07, 6.45) is 22.7. The number of fused-ring (bicyclic) bond motifs is 5. The first-order valence-corrected chi connectivity index (χ1v) is 50.1. The molecule has 4 saturated carbocycles. The number of aliphatic hydroxyl groups is 1. The number of anilines is 9. The molecular weight excluding hydrogens is 1790 g/mol. The number of esters is 1. The molecule has 0 spiro atoms. The number of aliphatic hydroxyl groups excluding tert-OH is 1. The van der Waals surface area contributed by atoms with E-state index in [0.717, 1.165) is 157 Å². The number of rotatable bonds is 27. The molecule has 0 bridgehead atoms. The lowest BCUT2D eigenvalue weighted by Crippen LogP contribution is -2.54. The summed E-state index contributed by atoms with van der Waals surface area (Å²) in [5, 5.41) is 42.8. The van der Waals surface area contributed by atoms with Crippen molar-refractivity contribution in [1.29, 1.82) is 0 Å². The Balaban J connectivity index is 0.000000125. The van der Waals surface area contributed by atoms with Crippen LogP contribution < -0.4 is 56.5 Å². The number of aromatic nitrogens is 9. The van der Waals surface area contributed by atoms with Gasteiger partial charge in [0.2, 0.25) is 39.7 Å². The monoisotopic (exact) mass is 1900 g/mol. The van der Waals surface area contributed by atoms with Crippen LogP contribution in [0.15, 0.2) is 214 Å². The van der Waals surface area contributed by atoms with Crippen LogP contribution in [0.5, 0.6) is 11.5 Å². The fourth-order valence-corrected chi connectivity index (χ4v) is 22.4. The van der Waals surface area contributed by atoms with Gasteiger partial charge in [-0.15, -0.1) is 11.3 Å². The number of thiophene rings is 1. The molecule has 28 nitrogen and oxygen atoms in total. The molecule has 8 heterocycles. The quantitative estimate of drug-likeness (QED) is 0.0222. The SMILES string of the molecule is CC1CN(c2nc(NC3CCCC3)c3ccccc3n2)CCN1S(=O)(=O)c1cccc2cnccc12.COC(=O)c1ccsc1NC(=O)CN1CCN(c2nc(NC3CCCC3)c3ccccc3n2)CC1.COc1cc2nc(NCc3ccccc3Sc3ccccc3CO)nc(NC3CCCC3)c2cc1OC.Clc1cccc(CNc2nc(NC3CCCC3)c3ccccc3n2)c1Cl. The van der Waals surface area contributed by atoms with Crippen molar-refractivity contribution in [2.24, 2.45) is 0 Å². The zero-order valence-corrected chi connectivity index (χ0v) is 79.6. The molecule has 134 heavy (non-hydrogen) atoms. The van der Waals surface area contributed by atoms with Crippen molar-refractivity contribution in [3.8, 4) is 11.5 Å². The van der Waals surface area contributed by atoms with Crippen LogP contribution >= 0.6 is 46.3 Å². The number of sulfonamides is 1. The lowest BCUT2D eigenvalue weighted by atomic mass is 10.2. The van der Waals surface area contributed by atoms with Gasteiger partial charge in [-0.05, 0) is 159 Å². The smallest absolute Gasteiger partial charge is 0.340 e. The Kier molecular flexibility index (Phi) is 31.1. The number of amides is 1. The van der Waals surface area contributed by atoms with Crippen molar-refractivity contribution in [3.05, 3.63) is 232 Å². The molecule has 1 atom stereocenters. The average Bonchev–Trinajstić information content (AvgIpc) is 0.961. The Morgan fingerprint density at radius 2 is 0.985 bits per heavy atom. The molecule has 1 unspecified atom stereocenters. The second-order valence-electron chi connectivity index (χ2n) is 34.4. The number of pyridine rings is 1. The highest BCUT2D eigenvalue weighted by Crippen LogP contribution is 2.41. The highest BCUT2D eigenvalue weighted by atomic mass is 35.5. The van der Waals surface area contributed by atoms with E-state index in [9.17, 15) is 23.1 Å². The first-order chi connectivity index (χ1) is 65.5. The van der Waals surface area contributed by atoms with E-state index < -0.39 is 16.0 Å². The lowest BCUT2D eigenvalue weighted by Gasteiger charge is -2.39. The number of nitrogens with zero attached hydrogens (tertiary/aromatic N) is 13. The van der Waals surface area contributed by atoms with Crippen LogP contribution in [0.3, 0.4) is 0 Å². The van der Waals surface area contributed by atoms with Crippen LogP contribution in [-0.2, 0) is 39.3 Å². The molecule has 14 aromatic rings. The number of nitrogens with one attached hydrogen (secondary N) is 7. The van der Waals surface area contributed by atoms with E-state index in [4.69, 9.17) is 72.3 Å². The summed E-state index contributed by atoms with van der Waals surface area (Å²) < 4.78 is 44.9. The standard InChI is InChI=1S/C29H32N4O3S.C27H30N6O2S.C25H30N6O3S.C20H20Cl2N4/c1-35-24-15-22-23(16-25(24)36-2)32-29(33-28(22)31-21-11-5-6-12-21)30-17-19-9-3-7-13-26(19)37-27-14-8-4-10-20(27)18-34;1-19-18-32(15-16-33(19)36(34,35)25-12-6-7-20-17-28-14-13-22(20)25)27-30-24-11-5-4-10-23(24)26(31-27)29-21-8-2-3-9-21;1-34-24(33)19-10-15-35-23(19)28-21(32)16-30-11-13-31(14-12-30)25-27-20-9-5-4-8-18(20)22(29-25)26-17-6-2-3-7-17;21-16-10-5-6-13(18(16)22)12-23-20-25-17-11-4-3-9-15(17)19(26-20)24-14-7-1-2-8-14/h3-4,7-10,13-16,21,34H,5-6,11-12,17-18H2,1-2H3,(H2,30,31,32,33);4-7,10-14,17,19,21H,2-3,8-9,15-16,18H2,1H3,(H,29,30,31);4-5,8-10,15,17H,2-3,6-7,11-14,16H2,1H3,(H,28,32)(H,26,27,29);3-6,9-11,14H,1-2,7-8,12H2,(H2,23,24,25,26).